The number of benzene rings is 2. The van der Waals surface area contributed by atoms with Gasteiger partial charge in [-0.2, -0.15) is 0 Å². The average Bonchev–Trinajstić information content (AvgIpc) is 2.77. The molecule has 0 saturated carbocycles. The molecule has 1 fully saturated rings. The Morgan fingerprint density at radius 1 is 1.19 bits per heavy atom. The number of carbonyl (C=O) groups excluding carboxylic acids is 3. The number of rotatable bonds is 9. The molecule has 0 bridgehead atoms. The summed E-state index contributed by atoms with van der Waals surface area (Å²) in [7, 11) is 1.51. The van der Waals surface area contributed by atoms with Gasteiger partial charge < -0.3 is 20.7 Å². The Kier molecular flexibility index (Phi) is 8.78. The SMILES string of the molecule is COc1ccc(Cl)cc1NC(=O)CSC1NC(=O)CC(CC(=O)NCc2ccccc2)N1. The minimum absolute atomic E-state index is 0.0839. The van der Waals surface area contributed by atoms with Crippen LogP contribution in [0, 0.1) is 0 Å². The van der Waals surface area contributed by atoms with Gasteiger partial charge in [-0.15, -0.1) is 11.8 Å². The lowest BCUT2D eigenvalue weighted by Crippen LogP contribution is -2.56. The van der Waals surface area contributed by atoms with Gasteiger partial charge in [0.15, 0.2) is 0 Å². The standard InChI is InChI=1S/C22H25ClN4O4S/c1-31-18-8-7-15(23)9-17(18)26-21(30)13-32-22-25-16(11-20(29)27-22)10-19(28)24-12-14-5-3-2-4-6-14/h2-9,16,22,25H,10-13H2,1H3,(H,24,28)(H,26,30)(H,27,29). The third-order valence-corrected chi connectivity index (χ3v) is 5.94. The van der Waals surface area contributed by atoms with Crippen molar-refractivity contribution in [2.75, 3.05) is 18.2 Å². The van der Waals surface area contributed by atoms with Gasteiger partial charge in [-0.3, -0.25) is 19.7 Å². The van der Waals surface area contributed by atoms with Crippen LogP contribution in [0.1, 0.15) is 18.4 Å². The van der Waals surface area contributed by atoms with E-state index in [0.29, 0.717) is 23.0 Å². The quantitative estimate of drug-likeness (QED) is 0.443. The highest BCUT2D eigenvalue weighted by molar-refractivity contribution is 8.00. The molecule has 4 N–H and O–H groups in total. The first-order chi connectivity index (χ1) is 15.4. The lowest BCUT2D eigenvalue weighted by atomic mass is 10.1. The van der Waals surface area contributed by atoms with Crippen molar-refractivity contribution >= 4 is 46.8 Å². The lowest BCUT2D eigenvalue weighted by Gasteiger charge is -2.30. The summed E-state index contributed by atoms with van der Waals surface area (Å²) in [4.78, 5) is 36.7. The summed E-state index contributed by atoms with van der Waals surface area (Å²) in [6.07, 6.45) is 0.366. The number of methoxy groups -OCH3 is 1. The van der Waals surface area contributed by atoms with Crippen molar-refractivity contribution < 1.29 is 19.1 Å². The summed E-state index contributed by atoms with van der Waals surface area (Å²) >= 11 is 7.21. The Labute approximate surface area is 195 Å². The molecular formula is C22H25ClN4O4S. The topological polar surface area (TPSA) is 109 Å². The van der Waals surface area contributed by atoms with Crippen LogP contribution in [0.5, 0.6) is 5.75 Å². The van der Waals surface area contributed by atoms with Gasteiger partial charge in [0.25, 0.3) is 0 Å². The molecular weight excluding hydrogens is 452 g/mol. The molecule has 1 aliphatic heterocycles. The summed E-state index contributed by atoms with van der Waals surface area (Å²) in [5, 5.41) is 12.1. The first kappa shape index (κ1) is 23.9. The number of ether oxygens (including phenoxy) is 1. The van der Waals surface area contributed by atoms with Crippen molar-refractivity contribution in [1.29, 1.82) is 0 Å². The van der Waals surface area contributed by atoms with Gasteiger partial charge in [-0.05, 0) is 23.8 Å². The van der Waals surface area contributed by atoms with Gasteiger partial charge in [-0.1, -0.05) is 41.9 Å². The molecule has 3 amide bonds. The van der Waals surface area contributed by atoms with E-state index in [9.17, 15) is 14.4 Å². The van der Waals surface area contributed by atoms with Crippen LogP contribution < -0.4 is 26.0 Å². The van der Waals surface area contributed by atoms with E-state index in [4.69, 9.17) is 16.3 Å². The van der Waals surface area contributed by atoms with Crippen LogP contribution in [-0.4, -0.2) is 42.1 Å². The third-order valence-electron chi connectivity index (χ3n) is 4.69. The summed E-state index contributed by atoms with van der Waals surface area (Å²) in [6.45, 7) is 0.434. The normalized spacial score (nSPS) is 17.9. The maximum absolute atomic E-state index is 12.4. The van der Waals surface area contributed by atoms with Crippen LogP contribution in [0.4, 0.5) is 5.69 Å². The summed E-state index contributed by atoms with van der Waals surface area (Å²) in [6, 6.07) is 14.2. The number of hydrogen-bond acceptors (Lipinski definition) is 6. The second-order valence-electron chi connectivity index (χ2n) is 7.19. The Hall–Kier alpha value is -2.75. The fourth-order valence-electron chi connectivity index (χ4n) is 3.18. The summed E-state index contributed by atoms with van der Waals surface area (Å²) in [5.41, 5.74) is 1.00. The second kappa shape index (κ2) is 11.8. The molecule has 0 aliphatic carbocycles. The first-order valence-corrected chi connectivity index (χ1v) is 11.5. The molecule has 8 nitrogen and oxygen atoms in total. The predicted octanol–water partition coefficient (Wildman–Crippen LogP) is 2.49. The average molecular weight is 477 g/mol. The minimum Gasteiger partial charge on any atom is -0.495 e. The molecule has 1 heterocycles. The van der Waals surface area contributed by atoms with Gasteiger partial charge in [0.2, 0.25) is 17.7 Å². The van der Waals surface area contributed by atoms with Gasteiger partial charge in [0, 0.05) is 30.5 Å². The number of hydrogen-bond donors (Lipinski definition) is 4. The molecule has 2 aromatic carbocycles. The molecule has 10 heteroatoms. The fourth-order valence-corrected chi connectivity index (χ4v) is 4.25. The van der Waals surface area contributed by atoms with E-state index >= 15 is 0 Å². The zero-order chi connectivity index (χ0) is 22.9. The van der Waals surface area contributed by atoms with Crippen LogP contribution in [0.2, 0.25) is 5.02 Å². The van der Waals surface area contributed by atoms with Gasteiger partial charge in [0.1, 0.15) is 11.2 Å². The Morgan fingerprint density at radius 3 is 2.72 bits per heavy atom. The summed E-state index contributed by atoms with van der Waals surface area (Å²) < 4.78 is 5.22. The lowest BCUT2D eigenvalue weighted by molar-refractivity contribution is -0.125. The number of nitrogens with one attached hydrogen (secondary N) is 4. The number of halogens is 1. The van der Waals surface area contributed by atoms with E-state index in [2.05, 4.69) is 21.3 Å². The van der Waals surface area contributed by atoms with Crippen LogP contribution in [0.15, 0.2) is 48.5 Å². The molecule has 2 aromatic rings. The van der Waals surface area contributed by atoms with Crippen molar-refractivity contribution in [2.24, 2.45) is 0 Å². The smallest absolute Gasteiger partial charge is 0.234 e. The van der Waals surface area contributed by atoms with Crippen molar-refractivity contribution in [3.05, 3.63) is 59.1 Å². The van der Waals surface area contributed by atoms with Crippen molar-refractivity contribution in [3.63, 3.8) is 0 Å². The number of anilines is 1. The van der Waals surface area contributed by atoms with E-state index in [1.165, 1.54) is 18.9 Å². The maximum atomic E-state index is 12.4. The number of carbonyl (C=O) groups is 3. The largest absolute Gasteiger partial charge is 0.495 e. The van der Waals surface area contributed by atoms with E-state index in [0.717, 1.165) is 5.56 Å². The summed E-state index contributed by atoms with van der Waals surface area (Å²) in [5.74, 6) is 0.00275. The molecule has 2 atom stereocenters. The highest BCUT2D eigenvalue weighted by Crippen LogP contribution is 2.28. The maximum Gasteiger partial charge on any atom is 0.234 e. The molecule has 2 unspecified atom stereocenters. The highest BCUT2D eigenvalue weighted by atomic mass is 35.5. The van der Waals surface area contributed by atoms with Crippen molar-refractivity contribution in [1.82, 2.24) is 16.0 Å². The monoisotopic (exact) mass is 476 g/mol. The van der Waals surface area contributed by atoms with E-state index in [1.54, 1.807) is 18.2 Å². The molecule has 0 aromatic heterocycles. The Balaban J connectivity index is 1.45. The fraction of sp³-hybridized carbons (Fsp3) is 0.318. The van der Waals surface area contributed by atoms with Crippen molar-refractivity contribution in [3.8, 4) is 5.75 Å². The van der Waals surface area contributed by atoms with E-state index in [1.807, 2.05) is 30.3 Å². The zero-order valence-electron chi connectivity index (χ0n) is 17.5. The van der Waals surface area contributed by atoms with E-state index in [-0.39, 0.29) is 42.4 Å². The first-order valence-electron chi connectivity index (χ1n) is 10.0. The highest BCUT2D eigenvalue weighted by Gasteiger charge is 2.28. The van der Waals surface area contributed by atoms with Crippen LogP contribution in [0.25, 0.3) is 0 Å². The minimum atomic E-state index is -0.477. The number of thioether (sulfide) groups is 1. The van der Waals surface area contributed by atoms with Crippen molar-refractivity contribution in [2.45, 2.75) is 30.9 Å². The molecule has 1 aliphatic rings. The molecule has 3 rings (SSSR count). The van der Waals surface area contributed by atoms with E-state index < -0.39 is 5.50 Å². The Morgan fingerprint density at radius 2 is 1.97 bits per heavy atom. The van der Waals surface area contributed by atoms with Crippen LogP contribution in [0.3, 0.4) is 0 Å². The van der Waals surface area contributed by atoms with Gasteiger partial charge >= 0.3 is 0 Å². The molecule has 32 heavy (non-hydrogen) atoms. The van der Waals surface area contributed by atoms with Crippen LogP contribution >= 0.6 is 23.4 Å². The van der Waals surface area contributed by atoms with Gasteiger partial charge in [0.05, 0.1) is 18.6 Å². The molecule has 170 valence electrons. The zero-order valence-corrected chi connectivity index (χ0v) is 19.1. The molecule has 0 spiro atoms. The molecule has 1 saturated heterocycles. The third kappa shape index (κ3) is 7.44. The predicted molar refractivity (Wildman–Crippen MR) is 125 cm³/mol. The van der Waals surface area contributed by atoms with Gasteiger partial charge in [-0.25, -0.2) is 0 Å². The number of amides is 3. The second-order valence-corrected chi connectivity index (χ2v) is 8.72. The Bertz CT molecular complexity index is 960. The van der Waals surface area contributed by atoms with Crippen LogP contribution in [-0.2, 0) is 20.9 Å². The molecule has 0 radical (unpaired) electrons.